The van der Waals surface area contributed by atoms with Crippen molar-refractivity contribution in [2.75, 3.05) is 6.61 Å². The number of hydrogen-bond acceptors (Lipinski definition) is 4. The lowest BCUT2D eigenvalue weighted by Crippen LogP contribution is -2.07. The van der Waals surface area contributed by atoms with Crippen molar-refractivity contribution in [2.24, 2.45) is 0 Å². The first-order valence-corrected chi connectivity index (χ1v) is 6.62. The zero-order valence-corrected chi connectivity index (χ0v) is 12.1. The fraction of sp³-hybridized carbons (Fsp3) is 0.300. The Hall–Kier alpha value is -0.950. The molecule has 0 heterocycles. The van der Waals surface area contributed by atoms with Crippen molar-refractivity contribution in [3.05, 3.63) is 37.8 Å². The van der Waals surface area contributed by atoms with Crippen LogP contribution in [0.15, 0.2) is 16.6 Å². The van der Waals surface area contributed by atoms with Crippen LogP contribution < -0.4 is 0 Å². The van der Waals surface area contributed by atoms with E-state index in [1.54, 1.807) is 13.0 Å². The number of nitrogens with zero attached hydrogens (tertiary/aromatic N) is 1. The number of ether oxygens (including phenoxy) is 1. The number of hydrogen-bond donors (Lipinski definition) is 0. The second-order valence-corrected chi connectivity index (χ2v) is 4.44. The van der Waals surface area contributed by atoms with Crippen molar-refractivity contribution in [2.45, 2.75) is 12.3 Å². The molecule has 0 amide bonds. The quantitative estimate of drug-likeness (QED) is 0.354. The van der Waals surface area contributed by atoms with Gasteiger partial charge in [-0.2, -0.15) is 0 Å². The summed E-state index contributed by atoms with van der Waals surface area (Å²) >= 11 is 6.26. The van der Waals surface area contributed by atoms with E-state index in [0.29, 0.717) is 10.9 Å². The summed E-state index contributed by atoms with van der Waals surface area (Å²) in [7, 11) is 0. The molecule has 7 heteroatoms. The fourth-order valence-corrected chi connectivity index (χ4v) is 2.09. The molecule has 0 aliphatic carbocycles. The summed E-state index contributed by atoms with van der Waals surface area (Å²) in [6.07, 6.45) is 0. The summed E-state index contributed by atoms with van der Waals surface area (Å²) in [5.41, 5.74) is 0.656. The number of carbonyl (C=O) groups is 1. The van der Waals surface area contributed by atoms with Crippen LogP contribution >= 0.6 is 31.9 Å². The minimum atomic E-state index is -0.578. The largest absolute Gasteiger partial charge is 0.462 e. The maximum atomic E-state index is 11.6. The maximum Gasteiger partial charge on any atom is 0.339 e. The molecule has 0 bridgehead atoms. The SMILES string of the molecule is CCOC(=O)c1cc(CBr)cc([N+](=O)[O-])c1Br. The van der Waals surface area contributed by atoms with Crippen LogP contribution in [0.5, 0.6) is 0 Å². The second-order valence-electron chi connectivity index (χ2n) is 3.09. The van der Waals surface area contributed by atoms with Crippen LogP contribution in [0.25, 0.3) is 0 Å². The smallest absolute Gasteiger partial charge is 0.339 e. The van der Waals surface area contributed by atoms with Crippen molar-refractivity contribution in [1.82, 2.24) is 0 Å². The van der Waals surface area contributed by atoms with Crippen LogP contribution in [-0.4, -0.2) is 17.5 Å². The van der Waals surface area contributed by atoms with Gasteiger partial charge >= 0.3 is 5.97 Å². The molecule has 0 aromatic heterocycles. The van der Waals surface area contributed by atoms with Crippen molar-refractivity contribution in [1.29, 1.82) is 0 Å². The molecule has 0 fully saturated rings. The highest BCUT2D eigenvalue weighted by Gasteiger charge is 2.22. The molecule has 0 unspecified atom stereocenters. The summed E-state index contributed by atoms with van der Waals surface area (Å²) in [6, 6.07) is 2.96. The summed E-state index contributed by atoms with van der Waals surface area (Å²) in [4.78, 5) is 21.9. The molecular formula is C10H9Br2NO4. The van der Waals surface area contributed by atoms with Crippen molar-refractivity contribution >= 4 is 43.5 Å². The van der Waals surface area contributed by atoms with Gasteiger partial charge in [0.2, 0.25) is 0 Å². The Labute approximate surface area is 115 Å². The minimum Gasteiger partial charge on any atom is -0.462 e. The molecular weight excluding hydrogens is 358 g/mol. The third-order valence-corrected chi connectivity index (χ3v) is 3.44. The molecule has 0 atom stereocenters. The van der Waals surface area contributed by atoms with Crippen LogP contribution in [0, 0.1) is 10.1 Å². The van der Waals surface area contributed by atoms with Gasteiger partial charge in [0, 0.05) is 11.4 Å². The van der Waals surface area contributed by atoms with Gasteiger partial charge in [0.15, 0.2) is 0 Å². The van der Waals surface area contributed by atoms with Gasteiger partial charge in [-0.05, 0) is 34.5 Å². The maximum absolute atomic E-state index is 11.6. The predicted octanol–water partition coefficient (Wildman–Crippen LogP) is 3.43. The van der Waals surface area contributed by atoms with Gasteiger partial charge < -0.3 is 4.74 Å². The van der Waals surface area contributed by atoms with E-state index in [0.717, 1.165) is 0 Å². The van der Waals surface area contributed by atoms with Crippen LogP contribution in [0.3, 0.4) is 0 Å². The molecule has 1 aromatic carbocycles. The summed E-state index contributed by atoms with van der Waals surface area (Å²) in [5, 5.41) is 11.3. The first kappa shape index (κ1) is 14.1. The molecule has 92 valence electrons. The van der Waals surface area contributed by atoms with E-state index in [1.807, 2.05) is 0 Å². The second kappa shape index (κ2) is 6.11. The normalized spacial score (nSPS) is 10.1. The molecule has 0 saturated heterocycles. The van der Waals surface area contributed by atoms with Gasteiger partial charge in [-0.1, -0.05) is 15.9 Å². The molecule has 1 rings (SSSR count). The Morgan fingerprint density at radius 1 is 1.53 bits per heavy atom. The lowest BCUT2D eigenvalue weighted by atomic mass is 10.1. The van der Waals surface area contributed by atoms with Gasteiger partial charge in [0.05, 0.1) is 17.1 Å². The highest BCUT2D eigenvalue weighted by atomic mass is 79.9. The monoisotopic (exact) mass is 365 g/mol. The van der Waals surface area contributed by atoms with E-state index >= 15 is 0 Å². The van der Waals surface area contributed by atoms with Gasteiger partial charge in [-0.15, -0.1) is 0 Å². The van der Waals surface area contributed by atoms with E-state index in [9.17, 15) is 14.9 Å². The Morgan fingerprint density at radius 2 is 2.18 bits per heavy atom. The Morgan fingerprint density at radius 3 is 2.65 bits per heavy atom. The number of benzene rings is 1. The Bertz CT molecular complexity index is 462. The Balaban J connectivity index is 3.33. The summed E-state index contributed by atoms with van der Waals surface area (Å²) in [6.45, 7) is 1.90. The highest BCUT2D eigenvalue weighted by molar-refractivity contribution is 9.10. The van der Waals surface area contributed by atoms with Gasteiger partial charge in [0.1, 0.15) is 4.47 Å². The standard InChI is InChI=1S/C10H9Br2NO4/c1-2-17-10(14)7-3-6(5-11)4-8(9(7)12)13(15)16/h3-4H,2,5H2,1H3. The molecule has 0 radical (unpaired) electrons. The number of nitro benzene ring substituents is 1. The highest BCUT2D eigenvalue weighted by Crippen LogP contribution is 2.31. The van der Waals surface area contributed by atoms with E-state index in [2.05, 4.69) is 31.9 Å². The van der Waals surface area contributed by atoms with Crippen LogP contribution in [0.1, 0.15) is 22.8 Å². The number of esters is 1. The van der Waals surface area contributed by atoms with Gasteiger partial charge in [0.25, 0.3) is 5.69 Å². The van der Waals surface area contributed by atoms with E-state index < -0.39 is 10.9 Å². The van der Waals surface area contributed by atoms with Crippen molar-refractivity contribution < 1.29 is 14.5 Å². The first-order valence-electron chi connectivity index (χ1n) is 4.71. The van der Waals surface area contributed by atoms with Crippen molar-refractivity contribution in [3.63, 3.8) is 0 Å². The number of alkyl halides is 1. The third kappa shape index (κ3) is 3.26. The van der Waals surface area contributed by atoms with Crippen LogP contribution in [0.2, 0.25) is 0 Å². The topological polar surface area (TPSA) is 69.4 Å². The zero-order valence-electron chi connectivity index (χ0n) is 8.91. The van der Waals surface area contributed by atoms with Crippen LogP contribution in [-0.2, 0) is 10.1 Å². The lowest BCUT2D eigenvalue weighted by molar-refractivity contribution is -0.385. The molecule has 0 N–H and O–H groups in total. The third-order valence-electron chi connectivity index (χ3n) is 1.96. The van der Waals surface area contributed by atoms with Crippen molar-refractivity contribution in [3.8, 4) is 0 Å². The molecule has 0 aliphatic rings. The summed E-state index contributed by atoms with van der Waals surface area (Å²) < 4.78 is 4.98. The summed E-state index contributed by atoms with van der Waals surface area (Å²) in [5.74, 6) is -0.578. The minimum absolute atomic E-state index is 0.144. The first-order chi connectivity index (χ1) is 8.01. The fourth-order valence-electron chi connectivity index (χ4n) is 1.23. The van der Waals surface area contributed by atoms with Gasteiger partial charge in [-0.3, -0.25) is 10.1 Å². The molecule has 1 aromatic rings. The predicted molar refractivity (Wildman–Crippen MR) is 69.4 cm³/mol. The Kier molecular flexibility index (Phi) is 5.07. The number of carbonyl (C=O) groups excluding carboxylic acids is 1. The van der Waals surface area contributed by atoms with Gasteiger partial charge in [-0.25, -0.2) is 4.79 Å². The van der Waals surface area contributed by atoms with E-state index in [-0.39, 0.29) is 22.3 Å². The number of halogens is 2. The zero-order chi connectivity index (χ0) is 13.0. The molecule has 0 saturated carbocycles. The van der Waals surface area contributed by atoms with Crippen LogP contribution in [0.4, 0.5) is 5.69 Å². The molecule has 0 aliphatic heterocycles. The molecule has 0 spiro atoms. The van der Waals surface area contributed by atoms with E-state index in [4.69, 9.17) is 4.74 Å². The molecule has 17 heavy (non-hydrogen) atoms. The average molecular weight is 367 g/mol. The number of nitro groups is 1. The van der Waals surface area contributed by atoms with E-state index in [1.165, 1.54) is 6.07 Å². The lowest BCUT2D eigenvalue weighted by Gasteiger charge is -2.06. The molecule has 5 nitrogen and oxygen atoms in total. The number of rotatable bonds is 4. The average Bonchev–Trinajstić information content (AvgIpc) is 2.29.